The molecule has 0 radical (unpaired) electrons. The van der Waals surface area contributed by atoms with E-state index in [1.807, 2.05) is 17.0 Å². The molecule has 1 atom stereocenters. The van der Waals surface area contributed by atoms with Crippen LogP contribution in [0, 0.1) is 5.92 Å². The molecule has 3 aliphatic rings. The summed E-state index contributed by atoms with van der Waals surface area (Å²) in [6.07, 6.45) is 1.19. The fraction of sp³-hybridized carbons (Fsp3) is 0.571. The van der Waals surface area contributed by atoms with Crippen LogP contribution in [0.15, 0.2) is 24.3 Å². The molecule has 29 heavy (non-hydrogen) atoms. The lowest BCUT2D eigenvalue weighted by Gasteiger charge is -2.39. The number of carbonyl (C=O) groups is 3. The van der Waals surface area contributed by atoms with Crippen molar-refractivity contribution >= 4 is 23.6 Å². The molecule has 3 heterocycles. The smallest absolute Gasteiger partial charge is 0.410 e. The molecule has 0 aliphatic carbocycles. The standard InChI is InChI=1S/C21H27N3O5/c1-14(2)17-12-29-21(27)24(17)15-7-9-22(10-8-15)19(25)11-23-16-5-3-4-6-18(16)28-13-20(23)26/h3-6,14-15,17H,7-13H2,1-2H3. The second kappa shape index (κ2) is 7.93. The molecular weight excluding hydrogens is 374 g/mol. The Kier molecular flexibility index (Phi) is 5.34. The fourth-order valence-corrected chi connectivity index (χ4v) is 4.34. The van der Waals surface area contributed by atoms with Crippen LogP contribution >= 0.6 is 0 Å². The first kappa shape index (κ1) is 19.5. The van der Waals surface area contributed by atoms with Crippen molar-refractivity contribution in [3.05, 3.63) is 24.3 Å². The molecule has 1 aromatic rings. The van der Waals surface area contributed by atoms with Gasteiger partial charge in [0.2, 0.25) is 5.91 Å². The Labute approximate surface area is 170 Å². The molecular formula is C21H27N3O5. The molecule has 8 nitrogen and oxygen atoms in total. The molecule has 0 N–H and O–H groups in total. The second-order valence-corrected chi connectivity index (χ2v) is 8.14. The summed E-state index contributed by atoms with van der Waals surface area (Å²) in [5.41, 5.74) is 0.631. The van der Waals surface area contributed by atoms with E-state index in [9.17, 15) is 14.4 Å². The summed E-state index contributed by atoms with van der Waals surface area (Å²) in [6, 6.07) is 7.43. The van der Waals surface area contributed by atoms with Crippen LogP contribution in [0.3, 0.4) is 0 Å². The minimum atomic E-state index is -0.246. The van der Waals surface area contributed by atoms with E-state index >= 15 is 0 Å². The highest BCUT2D eigenvalue weighted by molar-refractivity contribution is 6.02. The zero-order valence-corrected chi connectivity index (χ0v) is 16.9. The maximum atomic E-state index is 12.9. The van der Waals surface area contributed by atoms with Crippen molar-refractivity contribution in [2.45, 2.75) is 38.8 Å². The number of benzene rings is 1. The second-order valence-electron chi connectivity index (χ2n) is 8.14. The summed E-state index contributed by atoms with van der Waals surface area (Å²) >= 11 is 0. The van der Waals surface area contributed by atoms with Crippen LogP contribution in [0.1, 0.15) is 26.7 Å². The average Bonchev–Trinajstić information content (AvgIpc) is 3.12. The van der Waals surface area contributed by atoms with Crippen LogP contribution in [0.5, 0.6) is 5.75 Å². The molecule has 0 aromatic heterocycles. The molecule has 4 rings (SSSR count). The summed E-state index contributed by atoms with van der Waals surface area (Å²) in [6.45, 7) is 5.71. The Hall–Kier alpha value is -2.77. The first-order valence-electron chi connectivity index (χ1n) is 10.2. The third kappa shape index (κ3) is 3.75. The highest BCUT2D eigenvalue weighted by Gasteiger charge is 2.41. The van der Waals surface area contributed by atoms with Crippen LogP contribution in [-0.4, -0.2) is 72.6 Å². The first-order valence-corrected chi connectivity index (χ1v) is 10.2. The lowest BCUT2D eigenvalue weighted by molar-refractivity contribution is -0.133. The number of cyclic esters (lactones) is 1. The fourth-order valence-electron chi connectivity index (χ4n) is 4.34. The van der Waals surface area contributed by atoms with E-state index in [0.29, 0.717) is 37.1 Å². The van der Waals surface area contributed by atoms with Gasteiger partial charge in [0, 0.05) is 19.1 Å². The van der Waals surface area contributed by atoms with Crippen molar-refractivity contribution in [2.24, 2.45) is 5.92 Å². The summed E-state index contributed by atoms with van der Waals surface area (Å²) in [5.74, 6) is 0.642. The van der Waals surface area contributed by atoms with Gasteiger partial charge in [0.25, 0.3) is 5.91 Å². The predicted molar refractivity (Wildman–Crippen MR) is 106 cm³/mol. The largest absolute Gasteiger partial charge is 0.482 e. The van der Waals surface area contributed by atoms with Crippen LogP contribution in [0.4, 0.5) is 10.5 Å². The van der Waals surface area contributed by atoms with Gasteiger partial charge in [0.05, 0.1) is 11.7 Å². The first-order chi connectivity index (χ1) is 14.0. The van der Waals surface area contributed by atoms with Crippen LogP contribution < -0.4 is 9.64 Å². The third-order valence-corrected chi connectivity index (χ3v) is 6.03. The highest BCUT2D eigenvalue weighted by Crippen LogP contribution is 2.32. The quantitative estimate of drug-likeness (QED) is 0.770. The van der Waals surface area contributed by atoms with Crippen molar-refractivity contribution < 1.29 is 23.9 Å². The van der Waals surface area contributed by atoms with Gasteiger partial charge in [-0.1, -0.05) is 26.0 Å². The number of anilines is 1. The number of nitrogens with zero attached hydrogens (tertiary/aromatic N) is 3. The van der Waals surface area contributed by atoms with Crippen molar-refractivity contribution in [1.82, 2.24) is 9.80 Å². The van der Waals surface area contributed by atoms with Gasteiger partial charge in [0.1, 0.15) is 18.9 Å². The number of likely N-dealkylation sites (tertiary alicyclic amines) is 1. The molecule has 156 valence electrons. The lowest BCUT2D eigenvalue weighted by Crippen LogP contribution is -2.53. The van der Waals surface area contributed by atoms with Crippen LogP contribution in [0.25, 0.3) is 0 Å². The van der Waals surface area contributed by atoms with E-state index < -0.39 is 0 Å². The van der Waals surface area contributed by atoms with Gasteiger partial charge in [-0.05, 0) is 30.9 Å². The van der Waals surface area contributed by atoms with Crippen LogP contribution in [-0.2, 0) is 14.3 Å². The Balaban J connectivity index is 1.37. The number of para-hydroxylation sites is 2. The summed E-state index contributed by atoms with van der Waals surface area (Å²) in [4.78, 5) is 42.5. The van der Waals surface area contributed by atoms with Crippen LogP contribution in [0.2, 0.25) is 0 Å². The zero-order chi connectivity index (χ0) is 20.5. The van der Waals surface area contributed by atoms with Gasteiger partial charge in [-0.2, -0.15) is 0 Å². The minimum absolute atomic E-state index is 0.00421. The molecule has 0 spiro atoms. The minimum Gasteiger partial charge on any atom is -0.482 e. The van der Waals surface area contributed by atoms with Gasteiger partial charge in [-0.15, -0.1) is 0 Å². The molecule has 1 unspecified atom stereocenters. The molecule has 0 saturated carbocycles. The zero-order valence-electron chi connectivity index (χ0n) is 16.9. The predicted octanol–water partition coefficient (Wildman–Crippen LogP) is 1.88. The Morgan fingerprint density at radius 2 is 1.86 bits per heavy atom. The SMILES string of the molecule is CC(C)C1COC(=O)N1C1CCN(C(=O)CN2C(=O)COc3ccccc32)CC1. The van der Waals surface area contributed by atoms with E-state index in [1.165, 1.54) is 4.90 Å². The topological polar surface area (TPSA) is 79.4 Å². The van der Waals surface area contributed by atoms with E-state index in [1.54, 1.807) is 17.0 Å². The summed E-state index contributed by atoms with van der Waals surface area (Å²) in [5, 5.41) is 0. The number of fused-ring (bicyclic) bond motifs is 1. The maximum Gasteiger partial charge on any atom is 0.410 e. The number of hydrogen-bond acceptors (Lipinski definition) is 5. The molecule has 8 heteroatoms. The van der Waals surface area contributed by atoms with E-state index in [0.717, 1.165) is 12.8 Å². The Morgan fingerprint density at radius 1 is 1.14 bits per heavy atom. The number of carbonyl (C=O) groups excluding carboxylic acids is 3. The van der Waals surface area contributed by atoms with Gasteiger partial charge in [-0.25, -0.2) is 4.79 Å². The van der Waals surface area contributed by atoms with Gasteiger partial charge in [0.15, 0.2) is 6.61 Å². The number of ether oxygens (including phenoxy) is 2. The van der Waals surface area contributed by atoms with Crippen molar-refractivity contribution in [2.75, 3.05) is 37.7 Å². The molecule has 2 saturated heterocycles. The van der Waals surface area contributed by atoms with E-state index in [-0.39, 0.29) is 43.1 Å². The Bertz CT molecular complexity index is 803. The third-order valence-electron chi connectivity index (χ3n) is 6.03. The van der Waals surface area contributed by atoms with Gasteiger partial charge in [-0.3, -0.25) is 19.4 Å². The molecule has 3 amide bonds. The molecule has 1 aromatic carbocycles. The Morgan fingerprint density at radius 3 is 2.59 bits per heavy atom. The monoisotopic (exact) mass is 401 g/mol. The highest BCUT2D eigenvalue weighted by atomic mass is 16.6. The van der Waals surface area contributed by atoms with Crippen molar-refractivity contribution in [3.8, 4) is 5.75 Å². The number of hydrogen-bond donors (Lipinski definition) is 0. The summed E-state index contributed by atoms with van der Waals surface area (Å²) < 4.78 is 10.7. The average molecular weight is 401 g/mol. The van der Waals surface area contributed by atoms with Crippen molar-refractivity contribution in [3.63, 3.8) is 0 Å². The number of rotatable bonds is 4. The number of amides is 3. The maximum absolute atomic E-state index is 12.9. The van der Waals surface area contributed by atoms with Gasteiger partial charge >= 0.3 is 6.09 Å². The molecule has 2 fully saturated rings. The number of piperidine rings is 1. The van der Waals surface area contributed by atoms with Gasteiger partial charge < -0.3 is 14.4 Å². The lowest BCUT2D eigenvalue weighted by atomic mass is 9.97. The van der Waals surface area contributed by atoms with E-state index in [4.69, 9.17) is 9.47 Å². The van der Waals surface area contributed by atoms with E-state index in [2.05, 4.69) is 13.8 Å². The summed E-state index contributed by atoms with van der Waals surface area (Å²) in [7, 11) is 0. The van der Waals surface area contributed by atoms with Crippen molar-refractivity contribution in [1.29, 1.82) is 0 Å². The normalized spacial score (nSPS) is 22.6. The molecule has 3 aliphatic heterocycles. The molecule has 0 bridgehead atoms.